The maximum atomic E-state index is 3.50. The van der Waals surface area contributed by atoms with Crippen molar-refractivity contribution < 1.29 is 0 Å². The van der Waals surface area contributed by atoms with E-state index < -0.39 is 0 Å². The lowest BCUT2D eigenvalue weighted by molar-refractivity contribution is 0.791. The lowest BCUT2D eigenvalue weighted by Crippen LogP contribution is -2.10. The normalized spacial score (nSPS) is 11.2. The fourth-order valence-electron chi connectivity index (χ4n) is 2.41. The van der Waals surface area contributed by atoms with Gasteiger partial charge in [0.05, 0.1) is 0 Å². The summed E-state index contributed by atoms with van der Waals surface area (Å²) in [5, 5.41) is 4.61. The van der Waals surface area contributed by atoms with Crippen LogP contribution in [-0.2, 0) is 6.42 Å². The van der Waals surface area contributed by atoms with Crippen molar-refractivity contribution in [3.05, 3.63) is 34.5 Å². The molecule has 1 heterocycles. The topological polar surface area (TPSA) is 27.8 Å². The highest BCUT2D eigenvalue weighted by Gasteiger charge is 2.09. The molecule has 2 aromatic rings. The summed E-state index contributed by atoms with van der Waals surface area (Å²) < 4.78 is 0. The van der Waals surface area contributed by atoms with Crippen LogP contribution < -0.4 is 5.32 Å². The SMILES string of the molecule is CNCCc1c(C)[nH]c2c(C)cc(C)cc12. The third-order valence-electron chi connectivity index (χ3n) is 3.20. The number of likely N-dealkylation sites (N-methyl/N-ethyl adjacent to an activating group) is 1. The van der Waals surface area contributed by atoms with Gasteiger partial charge >= 0.3 is 0 Å². The summed E-state index contributed by atoms with van der Waals surface area (Å²) in [7, 11) is 2.00. The molecule has 0 unspecified atom stereocenters. The Balaban J connectivity index is 2.59. The Bertz CT molecular complexity index is 509. The van der Waals surface area contributed by atoms with Crippen molar-refractivity contribution in [2.45, 2.75) is 27.2 Å². The van der Waals surface area contributed by atoms with E-state index in [4.69, 9.17) is 0 Å². The molecule has 0 aliphatic carbocycles. The number of H-pyrrole nitrogens is 1. The zero-order valence-corrected chi connectivity index (χ0v) is 10.6. The van der Waals surface area contributed by atoms with Gasteiger partial charge in [-0.25, -0.2) is 0 Å². The Morgan fingerprint density at radius 2 is 1.94 bits per heavy atom. The highest BCUT2D eigenvalue weighted by molar-refractivity contribution is 5.88. The van der Waals surface area contributed by atoms with E-state index in [-0.39, 0.29) is 0 Å². The molecule has 2 rings (SSSR count). The van der Waals surface area contributed by atoms with E-state index in [1.807, 2.05) is 7.05 Å². The maximum Gasteiger partial charge on any atom is 0.0488 e. The Labute approximate surface area is 97.1 Å². The Hall–Kier alpha value is -1.28. The van der Waals surface area contributed by atoms with Gasteiger partial charge in [0.25, 0.3) is 0 Å². The quantitative estimate of drug-likeness (QED) is 0.811. The second kappa shape index (κ2) is 4.30. The summed E-state index contributed by atoms with van der Waals surface area (Å²) in [5.41, 5.74) is 6.74. The molecule has 0 saturated carbocycles. The summed E-state index contributed by atoms with van der Waals surface area (Å²) in [4.78, 5) is 3.50. The first kappa shape index (κ1) is 11.2. The molecule has 0 aliphatic rings. The van der Waals surface area contributed by atoms with E-state index in [1.165, 1.54) is 33.3 Å². The van der Waals surface area contributed by atoms with Crippen molar-refractivity contribution >= 4 is 10.9 Å². The zero-order valence-electron chi connectivity index (χ0n) is 10.6. The number of rotatable bonds is 3. The number of nitrogens with one attached hydrogen (secondary N) is 2. The van der Waals surface area contributed by atoms with Crippen LogP contribution in [0.3, 0.4) is 0 Å². The van der Waals surface area contributed by atoms with Gasteiger partial charge in [0.15, 0.2) is 0 Å². The van der Waals surface area contributed by atoms with E-state index in [9.17, 15) is 0 Å². The lowest BCUT2D eigenvalue weighted by Gasteiger charge is -2.03. The predicted molar refractivity (Wildman–Crippen MR) is 70.1 cm³/mol. The molecule has 0 saturated heterocycles. The van der Waals surface area contributed by atoms with Gasteiger partial charge in [0, 0.05) is 16.6 Å². The molecule has 0 bridgehead atoms. The van der Waals surface area contributed by atoms with E-state index in [0.717, 1.165) is 13.0 Å². The minimum atomic E-state index is 1.03. The van der Waals surface area contributed by atoms with Crippen LogP contribution in [0.4, 0.5) is 0 Å². The first-order chi connectivity index (χ1) is 7.63. The van der Waals surface area contributed by atoms with Crippen molar-refractivity contribution in [1.29, 1.82) is 0 Å². The predicted octanol–water partition coefficient (Wildman–Crippen LogP) is 2.86. The fourth-order valence-corrected chi connectivity index (χ4v) is 2.41. The van der Waals surface area contributed by atoms with Gasteiger partial charge in [-0.3, -0.25) is 0 Å². The van der Waals surface area contributed by atoms with Crippen LogP contribution in [0.25, 0.3) is 10.9 Å². The average molecular weight is 216 g/mol. The van der Waals surface area contributed by atoms with Gasteiger partial charge in [-0.05, 0) is 58.0 Å². The monoisotopic (exact) mass is 216 g/mol. The van der Waals surface area contributed by atoms with E-state index in [1.54, 1.807) is 0 Å². The van der Waals surface area contributed by atoms with Crippen LogP contribution in [0.2, 0.25) is 0 Å². The fraction of sp³-hybridized carbons (Fsp3) is 0.429. The molecule has 86 valence electrons. The third-order valence-corrected chi connectivity index (χ3v) is 3.20. The van der Waals surface area contributed by atoms with Crippen LogP contribution in [0.5, 0.6) is 0 Å². The minimum Gasteiger partial charge on any atom is -0.358 e. The van der Waals surface area contributed by atoms with Crippen molar-refractivity contribution in [1.82, 2.24) is 10.3 Å². The van der Waals surface area contributed by atoms with Crippen LogP contribution in [-0.4, -0.2) is 18.6 Å². The molecule has 16 heavy (non-hydrogen) atoms. The van der Waals surface area contributed by atoms with E-state index in [0.29, 0.717) is 0 Å². The minimum absolute atomic E-state index is 1.03. The molecule has 1 aromatic carbocycles. The van der Waals surface area contributed by atoms with Crippen molar-refractivity contribution in [3.63, 3.8) is 0 Å². The Kier molecular flexibility index (Phi) is 3.01. The highest BCUT2D eigenvalue weighted by atomic mass is 14.8. The molecule has 0 atom stereocenters. The van der Waals surface area contributed by atoms with Crippen molar-refractivity contribution in [2.75, 3.05) is 13.6 Å². The van der Waals surface area contributed by atoms with Crippen molar-refractivity contribution in [3.8, 4) is 0 Å². The first-order valence-electron chi connectivity index (χ1n) is 5.86. The van der Waals surface area contributed by atoms with Crippen LogP contribution in [0, 0.1) is 20.8 Å². The molecule has 0 spiro atoms. The van der Waals surface area contributed by atoms with Gasteiger partial charge in [-0.15, -0.1) is 0 Å². The number of hydrogen-bond acceptors (Lipinski definition) is 1. The van der Waals surface area contributed by atoms with E-state index >= 15 is 0 Å². The Morgan fingerprint density at radius 3 is 2.62 bits per heavy atom. The molecule has 2 nitrogen and oxygen atoms in total. The smallest absolute Gasteiger partial charge is 0.0488 e. The summed E-state index contributed by atoms with van der Waals surface area (Å²) >= 11 is 0. The molecule has 0 radical (unpaired) electrons. The lowest BCUT2D eigenvalue weighted by atomic mass is 10.0. The molecule has 2 heteroatoms. The standard InChI is InChI=1S/C14H20N2/c1-9-7-10(2)14-13(8-9)12(5-6-15-4)11(3)16-14/h7-8,15-16H,5-6H2,1-4H3. The number of hydrogen-bond donors (Lipinski definition) is 2. The zero-order chi connectivity index (χ0) is 11.7. The summed E-state index contributed by atoms with van der Waals surface area (Å²) in [6, 6.07) is 4.52. The van der Waals surface area contributed by atoms with Crippen molar-refractivity contribution in [2.24, 2.45) is 0 Å². The van der Waals surface area contributed by atoms with Gasteiger partial charge < -0.3 is 10.3 Å². The molecule has 0 aliphatic heterocycles. The highest BCUT2D eigenvalue weighted by Crippen LogP contribution is 2.26. The number of aromatic nitrogens is 1. The third kappa shape index (κ3) is 1.85. The largest absolute Gasteiger partial charge is 0.358 e. The van der Waals surface area contributed by atoms with Crippen LogP contribution in [0.1, 0.15) is 22.4 Å². The number of benzene rings is 1. The Morgan fingerprint density at radius 1 is 1.19 bits per heavy atom. The van der Waals surface area contributed by atoms with Crippen LogP contribution in [0.15, 0.2) is 12.1 Å². The molecular formula is C14H20N2. The van der Waals surface area contributed by atoms with Crippen LogP contribution >= 0.6 is 0 Å². The number of fused-ring (bicyclic) bond motifs is 1. The first-order valence-corrected chi connectivity index (χ1v) is 5.86. The second-order valence-electron chi connectivity index (χ2n) is 4.59. The molecule has 0 amide bonds. The second-order valence-corrected chi connectivity index (χ2v) is 4.59. The molecule has 0 fully saturated rings. The number of aryl methyl sites for hydroxylation is 3. The molecular weight excluding hydrogens is 196 g/mol. The van der Waals surface area contributed by atoms with Gasteiger partial charge in [0.2, 0.25) is 0 Å². The molecule has 2 N–H and O–H groups in total. The van der Waals surface area contributed by atoms with Gasteiger partial charge in [-0.2, -0.15) is 0 Å². The molecule has 1 aromatic heterocycles. The summed E-state index contributed by atoms with van der Waals surface area (Å²) in [6.07, 6.45) is 1.09. The van der Waals surface area contributed by atoms with Gasteiger partial charge in [0.1, 0.15) is 0 Å². The summed E-state index contributed by atoms with van der Waals surface area (Å²) in [6.45, 7) is 7.53. The maximum absolute atomic E-state index is 3.50. The van der Waals surface area contributed by atoms with E-state index in [2.05, 4.69) is 43.2 Å². The van der Waals surface area contributed by atoms with Gasteiger partial charge in [-0.1, -0.05) is 11.6 Å². The average Bonchev–Trinajstić information content (AvgIpc) is 2.53. The summed E-state index contributed by atoms with van der Waals surface area (Å²) in [5.74, 6) is 0. The number of aromatic amines is 1.